The molecule has 369 valence electrons. The average Bonchev–Trinajstić information content (AvgIpc) is 4.26. The average molecular weight is 1000 g/mol. The van der Waals surface area contributed by atoms with E-state index in [1.165, 1.54) is 110 Å². The van der Waals surface area contributed by atoms with Gasteiger partial charge in [0, 0.05) is 86.4 Å². The second kappa shape index (κ2) is 15.7. The third kappa shape index (κ3) is 6.60. The molecule has 0 spiro atoms. The summed E-state index contributed by atoms with van der Waals surface area (Å²) >= 11 is 1.89. The molecule has 5 heteroatoms. The van der Waals surface area contributed by atoms with Crippen molar-refractivity contribution in [2.24, 2.45) is 0 Å². The summed E-state index contributed by atoms with van der Waals surface area (Å²) in [4.78, 5) is 0. The lowest BCUT2D eigenvalue weighted by atomic mass is 9.58. The second-order valence-corrected chi connectivity index (χ2v) is 26.1. The third-order valence-electron chi connectivity index (χ3n) is 18.0. The fourth-order valence-electron chi connectivity index (χ4n) is 13.6. The van der Waals surface area contributed by atoms with E-state index in [0.29, 0.717) is 0 Å². The van der Waals surface area contributed by atoms with Crippen LogP contribution in [0.3, 0.4) is 0 Å². The molecule has 1 radical (unpaired) electrons. The first-order valence-electron chi connectivity index (χ1n) is 27.3. The van der Waals surface area contributed by atoms with E-state index in [-0.39, 0.29) is 21.7 Å². The Morgan fingerprint density at radius 1 is 0.513 bits per heavy atom. The summed E-state index contributed by atoms with van der Waals surface area (Å²) in [5.74, 6) is 1.77. The van der Waals surface area contributed by atoms with Gasteiger partial charge < -0.3 is 14.3 Å². The number of hydrogen-bond donors (Lipinski definition) is 1. The second-order valence-electron chi connectivity index (χ2n) is 25.0. The Balaban J connectivity index is 1.03. The van der Waals surface area contributed by atoms with E-state index in [1.54, 1.807) is 0 Å². The summed E-state index contributed by atoms with van der Waals surface area (Å²) < 4.78 is 12.3. The molecule has 0 saturated carbocycles. The van der Waals surface area contributed by atoms with Crippen LogP contribution in [0, 0.1) is 0 Å². The van der Waals surface area contributed by atoms with Crippen LogP contribution in [0.5, 0.6) is 0 Å². The first kappa shape index (κ1) is 45.8. The van der Waals surface area contributed by atoms with Crippen LogP contribution in [0.15, 0.2) is 174 Å². The van der Waals surface area contributed by atoms with Gasteiger partial charge in [0.05, 0.1) is 5.52 Å². The predicted octanol–water partition coefficient (Wildman–Crippen LogP) is 18.6. The number of rotatable bonds is 5. The number of fused-ring (bicyclic) bond motifs is 13. The Hall–Kier alpha value is -7.60. The summed E-state index contributed by atoms with van der Waals surface area (Å²) in [5.41, 5.74) is 22.6. The molecule has 1 aliphatic heterocycles. The zero-order valence-corrected chi connectivity index (χ0v) is 45.7. The Labute approximate surface area is 450 Å². The predicted molar refractivity (Wildman–Crippen MR) is 326 cm³/mol. The molecular formula is C71H60BN2OS. The van der Waals surface area contributed by atoms with Gasteiger partial charge in [-0.25, -0.2) is 0 Å². The van der Waals surface area contributed by atoms with E-state index >= 15 is 0 Å². The molecule has 0 atom stereocenters. The first-order valence-corrected chi connectivity index (χ1v) is 28.1. The number of benzene rings is 9. The van der Waals surface area contributed by atoms with E-state index < -0.39 is 0 Å². The van der Waals surface area contributed by atoms with E-state index in [9.17, 15) is 0 Å². The number of furan rings is 1. The van der Waals surface area contributed by atoms with Gasteiger partial charge in [0.15, 0.2) is 7.28 Å². The lowest BCUT2D eigenvalue weighted by Crippen LogP contribution is -2.37. The summed E-state index contributed by atoms with van der Waals surface area (Å²) in [7, 11) is 2.49. The standard InChI is InChI=1S/C71H60BN2OS/c1-68(2,3)42-24-26-43(27-25-42)73-59-38-55-47(48-34-56-57(37-54(48)71(55,8)9)70(6,7)31-30-69(56,4)5)32-49(59)45-28-29-46-50-33-51-44-22-16-17-23-62(44)76-63(51)39-60(50)74-61-36-53-52(35-58(61)72-64(45)65(46)74)66(40-18-12-10-13-19-40)75-67(53)41-20-14-11-15-21-41/h10-29,32-39,73H,30-31H2,1-9H3. The molecular weight excluding hydrogens is 940 g/mol. The minimum atomic E-state index is -0.208. The minimum absolute atomic E-state index is 0.0489. The monoisotopic (exact) mass is 999 g/mol. The highest BCUT2D eigenvalue weighted by Crippen LogP contribution is 2.57. The Morgan fingerprint density at radius 2 is 1.14 bits per heavy atom. The molecule has 0 unspecified atom stereocenters. The van der Waals surface area contributed by atoms with Crippen molar-refractivity contribution in [2.75, 3.05) is 5.32 Å². The summed E-state index contributed by atoms with van der Waals surface area (Å²) in [5, 5.41) is 11.4. The summed E-state index contributed by atoms with van der Waals surface area (Å²) in [6.45, 7) is 21.6. The van der Waals surface area contributed by atoms with Crippen molar-refractivity contribution in [3.8, 4) is 50.6 Å². The van der Waals surface area contributed by atoms with E-state index in [0.717, 1.165) is 55.9 Å². The zero-order chi connectivity index (χ0) is 51.8. The summed E-state index contributed by atoms with van der Waals surface area (Å²) in [6, 6.07) is 64.1. The van der Waals surface area contributed by atoms with Crippen molar-refractivity contribution in [1.29, 1.82) is 0 Å². The van der Waals surface area contributed by atoms with Crippen LogP contribution in [0.4, 0.5) is 11.4 Å². The Bertz CT molecular complexity index is 4440. The molecule has 9 aromatic carbocycles. The lowest BCUT2D eigenvalue weighted by molar-refractivity contribution is 0.331. The molecule has 3 aliphatic rings. The molecule has 2 aliphatic carbocycles. The SMILES string of the molecule is CC(C)(C)c1ccc(Nc2cc3c(cc2-c2ccc4c5cc6c(cc5n5c4c2[B]c2cc4c(-c7ccccc7)oc(-c7ccccc7)c4cc2-5)sc2ccccc26)-c2cc4c(cc2C3(C)C)C(C)(C)CCC4(C)C)cc1. The first-order chi connectivity index (χ1) is 36.5. The number of hydrogen-bond acceptors (Lipinski definition) is 3. The van der Waals surface area contributed by atoms with Crippen LogP contribution in [-0.2, 0) is 21.7 Å². The van der Waals surface area contributed by atoms with Gasteiger partial charge in [0.1, 0.15) is 11.5 Å². The molecule has 1 N–H and O–H groups in total. The van der Waals surface area contributed by atoms with Crippen LogP contribution in [-0.4, -0.2) is 11.8 Å². The van der Waals surface area contributed by atoms with E-state index in [1.807, 2.05) is 11.3 Å². The highest BCUT2D eigenvalue weighted by Gasteiger charge is 2.43. The Morgan fingerprint density at radius 3 is 1.84 bits per heavy atom. The van der Waals surface area contributed by atoms with Crippen molar-refractivity contribution < 1.29 is 4.42 Å². The highest BCUT2D eigenvalue weighted by molar-refractivity contribution is 7.25. The maximum atomic E-state index is 7.08. The molecule has 3 nitrogen and oxygen atoms in total. The molecule has 0 saturated heterocycles. The van der Waals surface area contributed by atoms with Gasteiger partial charge in [-0.3, -0.25) is 0 Å². The zero-order valence-electron chi connectivity index (χ0n) is 44.9. The van der Waals surface area contributed by atoms with Crippen molar-refractivity contribution in [3.05, 3.63) is 198 Å². The van der Waals surface area contributed by atoms with Gasteiger partial charge in [-0.1, -0.05) is 183 Å². The van der Waals surface area contributed by atoms with Crippen LogP contribution < -0.4 is 16.2 Å². The van der Waals surface area contributed by atoms with Crippen LogP contribution >= 0.6 is 11.3 Å². The van der Waals surface area contributed by atoms with Crippen LogP contribution in [0.1, 0.15) is 103 Å². The van der Waals surface area contributed by atoms with Crippen molar-refractivity contribution in [2.45, 2.75) is 96.8 Å². The van der Waals surface area contributed by atoms with Gasteiger partial charge in [-0.05, 0) is 134 Å². The van der Waals surface area contributed by atoms with Crippen LogP contribution in [0.2, 0.25) is 0 Å². The molecule has 3 aromatic heterocycles. The minimum Gasteiger partial charge on any atom is -0.455 e. The molecule has 15 rings (SSSR count). The maximum Gasteiger partial charge on any atom is 0.197 e. The number of aromatic nitrogens is 1. The van der Waals surface area contributed by atoms with E-state index in [4.69, 9.17) is 4.42 Å². The van der Waals surface area contributed by atoms with Crippen molar-refractivity contribution in [3.63, 3.8) is 0 Å². The van der Waals surface area contributed by atoms with Gasteiger partial charge in [-0.15, -0.1) is 11.3 Å². The van der Waals surface area contributed by atoms with E-state index in [2.05, 4.69) is 249 Å². The molecule has 12 aromatic rings. The van der Waals surface area contributed by atoms with Gasteiger partial charge in [0.25, 0.3) is 0 Å². The normalized spacial score (nSPS) is 15.8. The maximum absolute atomic E-state index is 7.08. The van der Waals surface area contributed by atoms with Crippen molar-refractivity contribution in [1.82, 2.24) is 4.57 Å². The topological polar surface area (TPSA) is 30.1 Å². The number of nitrogens with one attached hydrogen (secondary N) is 1. The molecule has 0 bridgehead atoms. The van der Waals surface area contributed by atoms with Gasteiger partial charge in [-0.2, -0.15) is 0 Å². The summed E-state index contributed by atoms with van der Waals surface area (Å²) in [6.07, 6.45) is 2.37. The molecule has 0 fully saturated rings. The quantitative estimate of drug-likeness (QED) is 0.174. The molecule has 4 heterocycles. The van der Waals surface area contributed by atoms with Crippen LogP contribution in [0.25, 0.3) is 103 Å². The third-order valence-corrected chi connectivity index (χ3v) is 19.2. The highest BCUT2D eigenvalue weighted by atomic mass is 32.1. The van der Waals surface area contributed by atoms with Gasteiger partial charge >= 0.3 is 0 Å². The smallest absolute Gasteiger partial charge is 0.197 e. The molecule has 76 heavy (non-hydrogen) atoms. The fraction of sp³-hybridized carbons (Fsp3) is 0.211. The van der Waals surface area contributed by atoms with Crippen molar-refractivity contribution >= 4 is 93.7 Å². The number of nitrogens with zero attached hydrogens (tertiary/aromatic N) is 1. The number of thiophene rings is 1. The lowest BCUT2D eigenvalue weighted by Gasteiger charge is -2.42. The number of anilines is 2. The largest absolute Gasteiger partial charge is 0.455 e. The fourth-order valence-corrected chi connectivity index (χ4v) is 14.7. The molecule has 0 amide bonds. The Kier molecular flexibility index (Phi) is 9.48. The van der Waals surface area contributed by atoms with Gasteiger partial charge in [0.2, 0.25) is 0 Å².